The summed E-state index contributed by atoms with van der Waals surface area (Å²) in [5.41, 5.74) is 1.48. The van der Waals surface area contributed by atoms with E-state index in [-0.39, 0.29) is 12.5 Å². The van der Waals surface area contributed by atoms with Crippen LogP contribution in [0.5, 0.6) is 0 Å². The van der Waals surface area contributed by atoms with Crippen molar-refractivity contribution in [1.29, 1.82) is 0 Å². The highest BCUT2D eigenvalue weighted by molar-refractivity contribution is 6.31. The lowest BCUT2D eigenvalue weighted by Gasteiger charge is -2.30. The summed E-state index contributed by atoms with van der Waals surface area (Å²) < 4.78 is 0. The van der Waals surface area contributed by atoms with Gasteiger partial charge in [0.05, 0.1) is 17.9 Å². The van der Waals surface area contributed by atoms with Gasteiger partial charge in [0.1, 0.15) is 5.54 Å². The third kappa shape index (κ3) is 2.85. The van der Waals surface area contributed by atoms with Crippen LogP contribution in [0, 0.1) is 18.8 Å². The van der Waals surface area contributed by atoms with Gasteiger partial charge in [-0.15, -0.1) is 0 Å². The molecule has 2 aromatic rings. The van der Waals surface area contributed by atoms with E-state index in [1.54, 1.807) is 19.1 Å². The highest BCUT2D eigenvalue weighted by atomic mass is 35.5. The van der Waals surface area contributed by atoms with Gasteiger partial charge in [-0.05, 0) is 43.5 Å². The molecule has 7 nitrogen and oxygen atoms in total. The second-order valence-corrected chi connectivity index (χ2v) is 9.32. The molecule has 3 aliphatic rings. The smallest absolute Gasteiger partial charge is 0.250 e. The van der Waals surface area contributed by atoms with E-state index in [1.165, 1.54) is 4.90 Å². The van der Waals surface area contributed by atoms with Crippen molar-refractivity contribution in [2.24, 2.45) is 11.8 Å². The number of aryl methyl sites for hydroxylation is 1. The van der Waals surface area contributed by atoms with Crippen molar-refractivity contribution in [3.63, 3.8) is 0 Å². The number of carbonyl (C=O) groups excluding carboxylic acids is 3. The molecule has 8 heteroatoms. The fraction of sp³-hybridized carbons (Fsp3) is 0.375. The van der Waals surface area contributed by atoms with Gasteiger partial charge < -0.3 is 10.4 Å². The first kappa shape index (κ1) is 21.1. The Balaban J connectivity index is 1.58. The van der Waals surface area contributed by atoms with Crippen molar-refractivity contribution in [3.05, 3.63) is 64.2 Å². The first-order chi connectivity index (χ1) is 15.3. The first-order valence-corrected chi connectivity index (χ1v) is 11.1. The van der Waals surface area contributed by atoms with Crippen LogP contribution < -0.4 is 10.6 Å². The fourth-order valence-corrected chi connectivity index (χ4v) is 5.82. The maximum atomic E-state index is 13.6. The molecule has 2 saturated heterocycles. The van der Waals surface area contributed by atoms with Gasteiger partial charge >= 0.3 is 0 Å². The number of anilines is 1. The van der Waals surface area contributed by atoms with E-state index < -0.39 is 41.3 Å². The normalized spacial score (nSPS) is 29.4. The van der Waals surface area contributed by atoms with Gasteiger partial charge in [-0.25, -0.2) is 0 Å². The highest BCUT2D eigenvalue weighted by Gasteiger charge is 2.71. The summed E-state index contributed by atoms with van der Waals surface area (Å²) >= 11 is 6.31. The number of amides is 3. The second kappa shape index (κ2) is 7.40. The molecule has 1 spiro atoms. The minimum absolute atomic E-state index is 0.223. The zero-order valence-corrected chi connectivity index (χ0v) is 18.5. The summed E-state index contributed by atoms with van der Waals surface area (Å²) in [6.45, 7) is 3.62. The Morgan fingerprint density at radius 3 is 2.56 bits per heavy atom. The monoisotopic (exact) mass is 453 g/mol. The molecule has 3 heterocycles. The van der Waals surface area contributed by atoms with Crippen LogP contribution in [0.3, 0.4) is 0 Å². The van der Waals surface area contributed by atoms with Crippen molar-refractivity contribution >= 4 is 35.0 Å². The molecule has 32 heavy (non-hydrogen) atoms. The molecule has 0 saturated carbocycles. The standard InChI is InChI=1S/C24H24ClN3O4/c1-12-10-15(25)11-16-19(12)26-23(32)24(16)18-17(20(27-24)13(2)29)21(30)28(22(18)31)9-8-14-6-4-3-5-7-14/h3-7,10-11,13,17-18,20,27,29H,8-9H2,1-2H3,(H,26,32)/t13-,17-,18-,20-,24+/m0/s1. The fourth-order valence-electron chi connectivity index (χ4n) is 5.54. The van der Waals surface area contributed by atoms with Crippen LogP contribution in [-0.2, 0) is 26.3 Å². The van der Waals surface area contributed by atoms with E-state index in [4.69, 9.17) is 11.6 Å². The summed E-state index contributed by atoms with van der Waals surface area (Å²) in [6, 6.07) is 12.3. The number of hydrogen-bond acceptors (Lipinski definition) is 5. The number of halogens is 1. The highest BCUT2D eigenvalue weighted by Crippen LogP contribution is 2.54. The Bertz CT molecular complexity index is 1140. The number of nitrogens with zero attached hydrogens (tertiary/aromatic N) is 1. The molecular weight excluding hydrogens is 430 g/mol. The van der Waals surface area contributed by atoms with Gasteiger partial charge in [-0.3, -0.25) is 24.6 Å². The van der Waals surface area contributed by atoms with Gasteiger partial charge in [0.25, 0.3) is 0 Å². The van der Waals surface area contributed by atoms with Crippen molar-refractivity contribution < 1.29 is 19.5 Å². The SMILES string of the molecule is Cc1cc(Cl)cc2c1NC(=O)[C@@]21N[C@@H]([C@H](C)O)[C@H]2C(=O)N(CCc3ccccc3)C(=O)[C@H]21. The maximum absolute atomic E-state index is 13.6. The van der Waals surface area contributed by atoms with E-state index in [2.05, 4.69) is 10.6 Å². The largest absolute Gasteiger partial charge is 0.392 e. The molecule has 5 rings (SSSR count). The number of imide groups is 1. The maximum Gasteiger partial charge on any atom is 0.250 e. The molecule has 3 aliphatic heterocycles. The second-order valence-electron chi connectivity index (χ2n) is 8.89. The number of carbonyl (C=O) groups is 3. The number of benzene rings is 2. The van der Waals surface area contributed by atoms with Crippen LogP contribution in [0.15, 0.2) is 42.5 Å². The molecule has 0 unspecified atom stereocenters. The van der Waals surface area contributed by atoms with E-state index in [9.17, 15) is 19.5 Å². The predicted octanol–water partition coefficient (Wildman–Crippen LogP) is 1.99. The van der Waals surface area contributed by atoms with E-state index in [1.807, 2.05) is 37.3 Å². The molecule has 0 bridgehead atoms. The van der Waals surface area contributed by atoms with E-state index in [0.717, 1.165) is 11.1 Å². The average Bonchev–Trinajstić information content (AvgIpc) is 3.34. The molecular formula is C24H24ClN3O4. The van der Waals surface area contributed by atoms with Crippen molar-refractivity contribution in [1.82, 2.24) is 10.2 Å². The molecule has 0 aromatic heterocycles. The number of aliphatic hydroxyl groups is 1. The molecule has 3 N–H and O–H groups in total. The van der Waals surface area contributed by atoms with Crippen LogP contribution in [0.1, 0.15) is 23.6 Å². The lowest BCUT2D eigenvalue weighted by atomic mass is 9.76. The van der Waals surface area contributed by atoms with Gasteiger partial charge in [0.2, 0.25) is 17.7 Å². The Morgan fingerprint density at radius 1 is 1.16 bits per heavy atom. The zero-order valence-electron chi connectivity index (χ0n) is 17.8. The van der Waals surface area contributed by atoms with Crippen LogP contribution >= 0.6 is 11.6 Å². The summed E-state index contributed by atoms with van der Waals surface area (Å²) in [7, 11) is 0. The first-order valence-electron chi connectivity index (χ1n) is 10.7. The number of hydrogen-bond donors (Lipinski definition) is 3. The molecule has 2 aromatic carbocycles. The summed E-state index contributed by atoms with van der Waals surface area (Å²) in [4.78, 5) is 41.7. The molecule has 0 radical (unpaired) electrons. The van der Waals surface area contributed by atoms with E-state index in [0.29, 0.717) is 22.7 Å². The number of fused-ring (bicyclic) bond motifs is 4. The molecule has 3 amide bonds. The van der Waals surface area contributed by atoms with Crippen LogP contribution in [0.2, 0.25) is 5.02 Å². The number of nitrogens with one attached hydrogen (secondary N) is 2. The van der Waals surface area contributed by atoms with Gasteiger partial charge in [0, 0.05) is 28.9 Å². The van der Waals surface area contributed by atoms with Gasteiger partial charge in [-0.2, -0.15) is 0 Å². The molecule has 0 aliphatic carbocycles. The van der Waals surface area contributed by atoms with Crippen LogP contribution in [-0.4, -0.2) is 46.4 Å². The van der Waals surface area contributed by atoms with Gasteiger partial charge in [-0.1, -0.05) is 41.9 Å². The number of aliphatic hydroxyl groups excluding tert-OH is 1. The molecule has 5 atom stereocenters. The summed E-state index contributed by atoms with van der Waals surface area (Å²) in [5, 5.41) is 17.0. The molecule has 166 valence electrons. The zero-order chi connectivity index (χ0) is 22.8. The lowest BCUT2D eigenvalue weighted by Crippen LogP contribution is -2.55. The summed E-state index contributed by atoms with van der Waals surface area (Å²) in [6.07, 6.45) is -0.421. The van der Waals surface area contributed by atoms with Crippen molar-refractivity contribution in [2.45, 2.75) is 38.0 Å². The lowest BCUT2D eigenvalue weighted by molar-refractivity contribution is -0.143. The Kier molecular flexibility index (Phi) is 4.89. The third-order valence-corrected chi connectivity index (χ3v) is 7.22. The molecule has 2 fully saturated rings. The van der Waals surface area contributed by atoms with Crippen molar-refractivity contribution in [2.75, 3.05) is 11.9 Å². The number of rotatable bonds is 4. The topological polar surface area (TPSA) is 98.7 Å². The Morgan fingerprint density at radius 2 is 1.88 bits per heavy atom. The Hall–Kier alpha value is -2.74. The van der Waals surface area contributed by atoms with Crippen molar-refractivity contribution in [3.8, 4) is 0 Å². The Labute approximate surface area is 190 Å². The minimum atomic E-state index is -1.45. The average molecular weight is 454 g/mol. The van der Waals surface area contributed by atoms with E-state index >= 15 is 0 Å². The third-order valence-electron chi connectivity index (χ3n) is 7.00. The van der Waals surface area contributed by atoms with Crippen LogP contribution in [0.4, 0.5) is 5.69 Å². The van der Waals surface area contributed by atoms with Crippen LogP contribution in [0.25, 0.3) is 0 Å². The van der Waals surface area contributed by atoms with Gasteiger partial charge in [0.15, 0.2) is 0 Å². The summed E-state index contributed by atoms with van der Waals surface area (Å²) in [5.74, 6) is -2.95. The quantitative estimate of drug-likeness (QED) is 0.615. The number of likely N-dealkylation sites (tertiary alicyclic amines) is 1. The predicted molar refractivity (Wildman–Crippen MR) is 119 cm³/mol. The minimum Gasteiger partial charge on any atom is -0.392 e.